The van der Waals surface area contributed by atoms with Crippen molar-refractivity contribution in [2.24, 2.45) is 0 Å². The molecule has 0 aliphatic heterocycles. The van der Waals surface area contributed by atoms with Crippen LogP contribution in [-0.2, 0) is 0 Å². The minimum Gasteiger partial charge on any atom is -0.436 e. The van der Waals surface area contributed by atoms with Gasteiger partial charge in [0.2, 0.25) is 5.89 Å². The second-order valence-electron chi connectivity index (χ2n) is 5.08. The van der Waals surface area contributed by atoms with Gasteiger partial charge in [-0.1, -0.05) is 23.7 Å². The van der Waals surface area contributed by atoms with Gasteiger partial charge in [0.05, 0.1) is 5.56 Å². The molecule has 0 saturated carbocycles. The summed E-state index contributed by atoms with van der Waals surface area (Å²) in [5.41, 5.74) is 1.82. The minimum atomic E-state index is -4.35. The molecular formula is C16H12ClF3N2O. The molecule has 0 radical (unpaired) electrons. The average Bonchev–Trinajstić information content (AvgIpc) is 2.89. The lowest BCUT2D eigenvalue weighted by atomic mass is 10.1. The van der Waals surface area contributed by atoms with Crippen molar-refractivity contribution in [3.63, 3.8) is 0 Å². The molecule has 3 nitrogen and oxygen atoms in total. The molecule has 1 N–H and O–H groups in total. The predicted molar refractivity (Wildman–Crippen MR) is 83.6 cm³/mol. The summed E-state index contributed by atoms with van der Waals surface area (Å²) >= 11 is 5.90. The number of benzene rings is 2. The van der Waals surface area contributed by atoms with E-state index in [1.165, 1.54) is 0 Å². The Bertz CT molecular complexity index is 845. The number of fused-ring (bicyclic) bond motifs is 1. The lowest BCUT2D eigenvalue weighted by Crippen LogP contribution is -2.33. The van der Waals surface area contributed by atoms with E-state index < -0.39 is 12.2 Å². The normalized spacial score (nSPS) is 13.3. The first kappa shape index (κ1) is 15.7. The molecule has 23 heavy (non-hydrogen) atoms. The van der Waals surface area contributed by atoms with Crippen LogP contribution in [0.3, 0.4) is 0 Å². The molecule has 3 aromatic rings. The highest BCUT2D eigenvalue weighted by atomic mass is 35.5. The Morgan fingerprint density at radius 1 is 1.17 bits per heavy atom. The third-order valence-corrected chi connectivity index (χ3v) is 3.61. The van der Waals surface area contributed by atoms with E-state index in [4.69, 9.17) is 16.0 Å². The highest BCUT2D eigenvalue weighted by molar-refractivity contribution is 6.31. The molecule has 1 aromatic heterocycles. The highest BCUT2D eigenvalue weighted by Crippen LogP contribution is 2.33. The summed E-state index contributed by atoms with van der Waals surface area (Å²) in [7, 11) is 0. The molecule has 0 fully saturated rings. The van der Waals surface area contributed by atoms with E-state index in [0.717, 1.165) is 6.92 Å². The highest BCUT2D eigenvalue weighted by Gasteiger charge is 2.36. The topological polar surface area (TPSA) is 38.1 Å². The van der Waals surface area contributed by atoms with Crippen LogP contribution in [0.1, 0.15) is 6.92 Å². The number of rotatable bonds is 3. The van der Waals surface area contributed by atoms with Crippen LogP contribution in [0.15, 0.2) is 46.9 Å². The van der Waals surface area contributed by atoms with Crippen molar-refractivity contribution < 1.29 is 17.6 Å². The smallest absolute Gasteiger partial charge is 0.408 e. The van der Waals surface area contributed by atoms with Crippen molar-refractivity contribution >= 4 is 28.4 Å². The number of alkyl halides is 3. The molecule has 0 saturated heterocycles. The van der Waals surface area contributed by atoms with Crippen molar-refractivity contribution in [2.45, 2.75) is 19.1 Å². The van der Waals surface area contributed by atoms with E-state index in [1.54, 1.807) is 42.5 Å². The van der Waals surface area contributed by atoms with Crippen LogP contribution in [0.5, 0.6) is 0 Å². The van der Waals surface area contributed by atoms with Crippen LogP contribution < -0.4 is 5.32 Å². The summed E-state index contributed by atoms with van der Waals surface area (Å²) in [6.45, 7) is 1.06. The van der Waals surface area contributed by atoms with Crippen molar-refractivity contribution in [3.8, 4) is 11.5 Å². The second-order valence-corrected chi connectivity index (χ2v) is 5.52. The van der Waals surface area contributed by atoms with Gasteiger partial charge in [-0.05, 0) is 31.2 Å². The molecular weight excluding hydrogens is 329 g/mol. The van der Waals surface area contributed by atoms with Crippen molar-refractivity contribution in [2.75, 3.05) is 5.32 Å². The summed E-state index contributed by atoms with van der Waals surface area (Å²) in [4.78, 5) is 4.31. The van der Waals surface area contributed by atoms with E-state index in [2.05, 4.69) is 10.3 Å². The Balaban J connectivity index is 2.02. The largest absolute Gasteiger partial charge is 0.436 e. The molecule has 0 amide bonds. The average molecular weight is 341 g/mol. The molecule has 3 rings (SSSR count). The van der Waals surface area contributed by atoms with E-state index in [1.807, 2.05) is 0 Å². The van der Waals surface area contributed by atoms with Crippen molar-refractivity contribution in [3.05, 3.63) is 47.5 Å². The van der Waals surface area contributed by atoms with Crippen LogP contribution >= 0.6 is 11.6 Å². The lowest BCUT2D eigenvalue weighted by molar-refractivity contribution is -0.138. The fourth-order valence-corrected chi connectivity index (χ4v) is 2.29. The molecule has 2 aromatic carbocycles. The minimum absolute atomic E-state index is 0.236. The Labute approximate surface area is 135 Å². The van der Waals surface area contributed by atoms with Gasteiger partial charge in [0.1, 0.15) is 11.6 Å². The third kappa shape index (κ3) is 3.27. The maximum absolute atomic E-state index is 12.8. The van der Waals surface area contributed by atoms with Crippen LogP contribution in [0.2, 0.25) is 5.02 Å². The Morgan fingerprint density at radius 3 is 2.65 bits per heavy atom. The summed E-state index contributed by atoms with van der Waals surface area (Å²) in [6.07, 6.45) is -4.35. The summed E-state index contributed by atoms with van der Waals surface area (Å²) < 4.78 is 43.9. The standard InChI is InChI=1S/C16H12ClF3N2O/c1-9(16(18,19)20)21-12-5-3-2-4-11(12)15-22-13-7-6-10(17)8-14(13)23-15/h2-9,21H,1H3. The molecule has 1 unspecified atom stereocenters. The molecule has 0 spiro atoms. The first-order valence-corrected chi connectivity index (χ1v) is 7.21. The van der Waals surface area contributed by atoms with E-state index in [0.29, 0.717) is 27.4 Å². The zero-order chi connectivity index (χ0) is 16.6. The fraction of sp³-hybridized carbons (Fsp3) is 0.188. The molecule has 1 heterocycles. The van der Waals surface area contributed by atoms with Crippen LogP contribution in [0.25, 0.3) is 22.6 Å². The number of para-hydroxylation sites is 1. The van der Waals surface area contributed by atoms with Crippen LogP contribution in [-0.4, -0.2) is 17.2 Å². The summed E-state index contributed by atoms with van der Waals surface area (Å²) in [5, 5.41) is 2.95. The maximum Gasteiger partial charge on any atom is 0.408 e. The number of oxazole rings is 1. The number of nitrogens with zero attached hydrogens (tertiary/aromatic N) is 1. The van der Waals surface area contributed by atoms with Gasteiger partial charge in [0.25, 0.3) is 0 Å². The van der Waals surface area contributed by atoms with Gasteiger partial charge in [-0.3, -0.25) is 0 Å². The first-order valence-electron chi connectivity index (χ1n) is 6.83. The van der Waals surface area contributed by atoms with Gasteiger partial charge >= 0.3 is 6.18 Å². The van der Waals surface area contributed by atoms with Crippen LogP contribution in [0.4, 0.5) is 18.9 Å². The number of aromatic nitrogens is 1. The number of anilines is 1. The van der Waals surface area contributed by atoms with Crippen LogP contribution in [0, 0.1) is 0 Å². The summed E-state index contributed by atoms with van der Waals surface area (Å²) in [5.74, 6) is 0.236. The molecule has 7 heteroatoms. The SMILES string of the molecule is CC(Nc1ccccc1-c1nc2ccc(Cl)cc2o1)C(F)(F)F. The first-order chi connectivity index (χ1) is 10.8. The molecule has 0 aliphatic rings. The molecule has 1 atom stereocenters. The van der Waals surface area contributed by atoms with Gasteiger partial charge in [0, 0.05) is 16.8 Å². The Kier molecular flexibility index (Phi) is 3.93. The van der Waals surface area contributed by atoms with Gasteiger partial charge in [-0.2, -0.15) is 13.2 Å². The number of nitrogens with one attached hydrogen (secondary N) is 1. The zero-order valence-corrected chi connectivity index (χ0v) is 12.7. The van der Waals surface area contributed by atoms with Gasteiger partial charge in [-0.15, -0.1) is 0 Å². The second kappa shape index (κ2) is 5.77. The monoisotopic (exact) mass is 340 g/mol. The fourth-order valence-electron chi connectivity index (χ4n) is 2.12. The molecule has 0 bridgehead atoms. The zero-order valence-electron chi connectivity index (χ0n) is 12.0. The van der Waals surface area contributed by atoms with Gasteiger partial charge < -0.3 is 9.73 Å². The third-order valence-electron chi connectivity index (χ3n) is 3.37. The number of hydrogen-bond acceptors (Lipinski definition) is 3. The van der Waals surface area contributed by atoms with Gasteiger partial charge in [0.15, 0.2) is 5.58 Å². The maximum atomic E-state index is 12.8. The molecule has 0 aliphatic carbocycles. The summed E-state index contributed by atoms with van der Waals surface area (Å²) in [6, 6.07) is 9.85. The van der Waals surface area contributed by atoms with Gasteiger partial charge in [-0.25, -0.2) is 4.98 Å². The van der Waals surface area contributed by atoms with E-state index in [-0.39, 0.29) is 5.89 Å². The molecule has 120 valence electrons. The quantitative estimate of drug-likeness (QED) is 0.683. The number of hydrogen-bond donors (Lipinski definition) is 1. The number of halogens is 4. The Morgan fingerprint density at radius 2 is 1.91 bits per heavy atom. The van der Waals surface area contributed by atoms with E-state index in [9.17, 15) is 13.2 Å². The Hall–Kier alpha value is -2.21. The predicted octanol–water partition coefficient (Wildman–Crippen LogP) is 5.51. The van der Waals surface area contributed by atoms with E-state index >= 15 is 0 Å². The van der Waals surface area contributed by atoms with Crippen molar-refractivity contribution in [1.29, 1.82) is 0 Å². The lowest BCUT2D eigenvalue weighted by Gasteiger charge is -2.19. The van der Waals surface area contributed by atoms with Crippen molar-refractivity contribution in [1.82, 2.24) is 4.98 Å².